The molecule has 1 aliphatic heterocycles. The second kappa shape index (κ2) is 8.63. The van der Waals surface area contributed by atoms with E-state index >= 15 is 0 Å². The second-order valence-corrected chi connectivity index (χ2v) is 7.79. The van der Waals surface area contributed by atoms with E-state index in [4.69, 9.17) is 16.3 Å². The van der Waals surface area contributed by atoms with Gasteiger partial charge in [0.25, 0.3) is 0 Å². The normalized spacial score (nSPS) is 21.6. The third-order valence-electron chi connectivity index (χ3n) is 5.68. The van der Waals surface area contributed by atoms with Crippen molar-refractivity contribution in [3.05, 3.63) is 82.9 Å². The summed E-state index contributed by atoms with van der Waals surface area (Å²) in [4.78, 5) is 27.2. The Morgan fingerprint density at radius 1 is 1.10 bits per heavy atom. The first kappa shape index (κ1) is 22.1. The molecule has 1 amide bonds. The highest BCUT2D eigenvalue weighted by molar-refractivity contribution is 6.30. The van der Waals surface area contributed by atoms with E-state index < -0.39 is 35.3 Å². The van der Waals surface area contributed by atoms with Crippen molar-refractivity contribution in [3.8, 4) is 12.1 Å². The molecule has 6 nitrogen and oxygen atoms in total. The van der Waals surface area contributed by atoms with Gasteiger partial charge in [-0.15, -0.1) is 0 Å². The van der Waals surface area contributed by atoms with Crippen LogP contribution >= 0.6 is 11.6 Å². The summed E-state index contributed by atoms with van der Waals surface area (Å²) in [6.07, 6.45) is 1.07. The van der Waals surface area contributed by atoms with Crippen molar-refractivity contribution < 1.29 is 14.3 Å². The molecule has 0 aromatic heterocycles. The van der Waals surface area contributed by atoms with Gasteiger partial charge in [-0.25, -0.2) is 4.79 Å². The number of likely N-dealkylation sites (tertiary alicyclic amines) is 1. The van der Waals surface area contributed by atoms with E-state index in [9.17, 15) is 20.1 Å². The van der Waals surface area contributed by atoms with Crippen LogP contribution in [0.2, 0.25) is 5.02 Å². The monoisotopic (exact) mass is 433 g/mol. The van der Waals surface area contributed by atoms with E-state index in [2.05, 4.69) is 18.7 Å². The number of methoxy groups -OCH3 is 1. The Morgan fingerprint density at radius 2 is 1.65 bits per heavy atom. The number of carbonyl (C=O) groups is 2. The number of benzene rings is 2. The Labute approximate surface area is 185 Å². The van der Waals surface area contributed by atoms with Gasteiger partial charge in [0.15, 0.2) is 5.41 Å². The lowest BCUT2D eigenvalue weighted by Crippen LogP contribution is -2.43. The predicted molar refractivity (Wildman–Crippen MR) is 115 cm³/mol. The molecule has 1 fully saturated rings. The average Bonchev–Trinajstić information content (AvgIpc) is 3.10. The first-order valence-corrected chi connectivity index (χ1v) is 9.89. The highest BCUT2D eigenvalue weighted by Crippen LogP contribution is 2.58. The lowest BCUT2D eigenvalue weighted by atomic mass is 9.68. The number of esters is 1. The fourth-order valence-electron chi connectivity index (χ4n) is 4.27. The Kier molecular flexibility index (Phi) is 6.15. The topological polar surface area (TPSA) is 94.2 Å². The summed E-state index contributed by atoms with van der Waals surface area (Å²) in [5.74, 6) is -2.24. The summed E-state index contributed by atoms with van der Waals surface area (Å²) in [5, 5.41) is 21.1. The summed E-state index contributed by atoms with van der Waals surface area (Å²) in [7, 11) is 1.21. The zero-order valence-electron chi connectivity index (χ0n) is 17.1. The zero-order chi connectivity index (χ0) is 22.8. The molecule has 7 heteroatoms. The van der Waals surface area contributed by atoms with Gasteiger partial charge < -0.3 is 9.64 Å². The minimum absolute atomic E-state index is 0.461. The fraction of sp³-hybridized carbons (Fsp3) is 0.250. The number of ether oxygens (including phenoxy) is 1. The molecule has 0 radical (unpaired) electrons. The number of halogens is 1. The molecule has 0 bridgehead atoms. The van der Waals surface area contributed by atoms with E-state index in [1.165, 1.54) is 12.0 Å². The lowest BCUT2D eigenvalue weighted by molar-refractivity contribution is -0.151. The van der Waals surface area contributed by atoms with E-state index in [-0.39, 0.29) is 0 Å². The number of carbonyl (C=O) groups excluding carboxylic acids is 2. The summed E-state index contributed by atoms with van der Waals surface area (Å²) >= 11 is 6.02. The van der Waals surface area contributed by atoms with Crippen LogP contribution in [0.3, 0.4) is 0 Å². The Morgan fingerprint density at radius 3 is 2.13 bits per heavy atom. The van der Waals surface area contributed by atoms with Crippen molar-refractivity contribution >= 4 is 23.5 Å². The molecule has 0 unspecified atom stereocenters. The van der Waals surface area contributed by atoms with Crippen molar-refractivity contribution in [2.45, 2.75) is 24.9 Å². The Hall–Kier alpha value is -3.61. The Balaban J connectivity index is 2.37. The van der Waals surface area contributed by atoms with E-state index in [1.807, 2.05) is 19.1 Å². The maximum atomic E-state index is 13.0. The quantitative estimate of drug-likeness (QED) is 0.535. The van der Waals surface area contributed by atoms with Gasteiger partial charge in [-0.3, -0.25) is 4.79 Å². The molecule has 0 spiro atoms. The molecule has 1 aliphatic rings. The fourth-order valence-corrected chi connectivity index (χ4v) is 4.40. The number of nitrogens with zero attached hydrogens (tertiary/aromatic N) is 3. The molecule has 0 N–H and O–H groups in total. The van der Waals surface area contributed by atoms with Gasteiger partial charge in [0.05, 0.1) is 25.3 Å². The van der Waals surface area contributed by atoms with Gasteiger partial charge in [0.2, 0.25) is 5.91 Å². The highest BCUT2D eigenvalue weighted by atomic mass is 35.5. The number of hydrogen-bond donors (Lipinski definition) is 0. The van der Waals surface area contributed by atoms with Crippen LogP contribution in [0.25, 0.3) is 0 Å². The summed E-state index contributed by atoms with van der Waals surface area (Å²) in [6, 6.07) is 15.7. The van der Waals surface area contributed by atoms with Crippen LogP contribution in [-0.2, 0) is 14.3 Å². The third kappa shape index (κ3) is 3.56. The molecule has 31 heavy (non-hydrogen) atoms. The van der Waals surface area contributed by atoms with Crippen LogP contribution in [0.4, 0.5) is 0 Å². The lowest BCUT2D eigenvalue weighted by Gasteiger charge is -2.30. The van der Waals surface area contributed by atoms with Crippen LogP contribution in [0.5, 0.6) is 0 Å². The van der Waals surface area contributed by atoms with E-state index in [0.29, 0.717) is 16.1 Å². The first-order valence-electron chi connectivity index (χ1n) is 9.51. The maximum Gasteiger partial charge on any atom is 0.329 e. The average molecular weight is 434 g/mol. The molecule has 3 rings (SSSR count). The van der Waals surface area contributed by atoms with Gasteiger partial charge in [-0.1, -0.05) is 60.1 Å². The largest absolute Gasteiger partial charge is 0.467 e. The minimum Gasteiger partial charge on any atom is -0.467 e. The zero-order valence-corrected chi connectivity index (χ0v) is 17.8. The van der Waals surface area contributed by atoms with Crippen LogP contribution in [0.15, 0.2) is 61.2 Å². The van der Waals surface area contributed by atoms with Crippen LogP contribution in [-0.4, -0.2) is 29.9 Å². The number of nitriles is 2. The molecule has 2 aromatic carbocycles. The summed E-state index contributed by atoms with van der Waals surface area (Å²) < 4.78 is 5.01. The number of amides is 1. The molecular weight excluding hydrogens is 414 g/mol. The van der Waals surface area contributed by atoms with Crippen LogP contribution in [0.1, 0.15) is 28.7 Å². The molecule has 1 heterocycles. The minimum atomic E-state index is -1.76. The van der Waals surface area contributed by atoms with Gasteiger partial charge in [-0.05, 0) is 36.3 Å². The molecule has 2 aromatic rings. The van der Waals surface area contributed by atoms with Crippen molar-refractivity contribution in [1.29, 1.82) is 10.5 Å². The van der Waals surface area contributed by atoms with Crippen molar-refractivity contribution in [2.75, 3.05) is 7.11 Å². The van der Waals surface area contributed by atoms with Gasteiger partial charge in [0.1, 0.15) is 6.04 Å². The highest BCUT2D eigenvalue weighted by Gasteiger charge is 2.65. The second-order valence-electron chi connectivity index (χ2n) is 7.35. The van der Waals surface area contributed by atoms with Crippen LogP contribution in [0, 0.1) is 35.0 Å². The number of rotatable bonds is 4. The standard InChI is InChI=1S/C24H20ClN3O3/c1-4-19(29)28-21(23(30)31-3)20(16-7-5-15(2)6-8-16)24(13-26,14-27)22(28)17-9-11-18(25)12-10-17/h4-12,20-22H,1H2,2-3H3/t20-,21+,22-/m0/s1. The molecular formula is C24H20ClN3O3. The molecule has 1 saturated heterocycles. The van der Waals surface area contributed by atoms with Crippen molar-refractivity contribution in [1.82, 2.24) is 4.90 Å². The molecule has 0 saturated carbocycles. The molecule has 0 aliphatic carbocycles. The van der Waals surface area contributed by atoms with Gasteiger partial charge >= 0.3 is 5.97 Å². The maximum absolute atomic E-state index is 13.0. The van der Waals surface area contributed by atoms with E-state index in [1.54, 1.807) is 36.4 Å². The van der Waals surface area contributed by atoms with E-state index in [0.717, 1.165) is 11.6 Å². The van der Waals surface area contributed by atoms with Crippen LogP contribution < -0.4 is 0 Å². The number of hydrogen-bond acceptors (Lipinski definition) is 5. The smallest absolute Gasteiger partial charge is 0.329 e. The van der Waals surface area contributed by atoms with Crippen molar-refractivity contribution in [3.63, 3.8) is 0 Å². The Bertz CT molecular complexity index is 1080. The molecule has 3 atom stereocenters. The summed E-state index contributed by atoms with van der Waals surface area (Å²) in [6.45, 7) is 5.45. The summed E-state index contributed by atoms with van der Waals surface area (Å²) in [5.41, 5.74) is 0.304. The van der Waals surface area contributed by atoms with Gasteiger partial charge in [0, 0.05) is 10.9 Å². The van der Waals surface area contributed by atoms with Gasteiger partial charge in [-0.2, -0.15) is 10.5 Å². The third-order valence-corrected chi connectivity index (χ3v) is 5.93. The number of aryl methyl sites for hydroxylation is 1. The first-order chi connectivity index (χ1) is 14.8. The predicted octanol–water partition coefficient (Wildman–Crippen LogP) is 4.08. The van der Waals surface area contributed by atoms with Crippen molar-refractivity contribution in [2.24, 2.45) is 5.41 Å². The molecule has 156 valence electrons. The SMILES string of the molecule is C=CC(=O)N1[C@@H](c2ccc(Cl)cc2)C(C#N)(C#N)[C@@H](c2ccc(C)cc2)[C@@H]1C(=O)OC.